The largest absolute Gasteiger partial charge is 0.356 e. The Kier molecular flexibility index (Phi) is 6.07. The van der Waals surface area contributed by atoms with Crippen molar-refractivity contribution >= 4 is 17.2 Å². The summed E-state index contributed by atoms with van der Waals surface area (Å²) in [5, 5.41) is 5.50. The van der Waals surface area contributed by atoms with Crippen molar-refractivity contribution in [2.75, 3.05) is 6.54 Å². The molecule has 2 aromatic rings. The number of benzene rings is 1. The van der Waals surface area contributed by atoms with Crippen LogP contribution in [0.25, 0.3) is 10.6 Å². The van der Waals surface area contributed by atoms with Crippen LogP contribution in [0, 0.1) is 11.7 Å². The number of rotatable bonds is 7. The van der Waals surface area contributed by atoms with E-state index in [1.54, 1.807) is 6.07 Å². The standard InChI is InChI=1S/C17H21FN2OS/c1-12(2)5-4-8-19-16(21)10-15-11-22-17(20-15)13-6-3-7-14(18)9-13/h3,6-7,9,11-12H,4-5,8,10H2,1-2H3,(H,19,21). The molecular weight excluding hydrogens is 299 g/mol. The van der Waals surface area contributed by atoms with Crippen molar-refractivity contribution in [1.29, 1.82) is 0 Å². The summed E-state index contributed by atoms with van der Waals surface area (Å²) in [6.07, 6.45) is 2.38. The summed E-state index contributed by atoms with van der Waals surface area (Å²) in [7, 11) is 0. The van der Waals surface area contributed by atoms with E-state index in [2.05, 4.69) is 24.1 Å². The Hall–Kier alpha value is -1.75. The van der Waals surface area contributed by atoms with Gasteiger partial charge in [-0.05, 0) is 30.9 Å². The van der Waals surface area contributed by atoms with Crippen molar-refractivity contribution < 1.29 is 9.18 Å². The number of carbonyl (C=O) groups excluding carboxylic acids is 1. The van der Waals surface area contributed by atoms with Gasteiger partial charge in [-0.1, -0.05) is 26.0 Å². The molecule has 3 nitrogen and oxygen atoms in total. The van der Waals surface area contributed by atoms with Gasteiger partial charge in [0.15, 0.2) is 0 Å². The number of thiazole rings is 1. The maximum Gasteiger partial charge on any atom is 0.226 e. The molecule has 0 spiro atoms. The molecule has 22 heavy (non-hydrogen) atoms. The van der Waals surface area contributed by atoms with Crippen LogP contribution in [-0.4, -0.2) is 17.4 Å². The fourth-order valence-corrected chi connectivity index (χ4v) is 2.92. The molecule has 1 N–H and O–H groups in total. The van der Waals surface area contributed by atoms with Crippen molar-refractivity contribution in [2.45, 2.75) is 33.1 Å². The molecule has 0 saturated heterocycles. The summed E-state index contributed by atoms with van der Waals surface area (Å²) >= 11 is 1.43. The Morgan fingerprint density at radius 3 is 2.95 bits per heavy atom. The topological polar surface area (TPSA) is 42.0 Å². The third-order valence-electron chi connectivity index (χ3n) is 3.25. The summed E-state index contributed by atoms with van der Waals surface area (Å²) < 4.78 is 13.2. The fraction of sp³-hybridized carbons (Fsp3) is 0.412. The van der Waals surface area contributed by atoms with E-state index in [1.165, 1.54) is 23.5 Å². The highest BCUT2D eigenvalue weighted by Gasteiger charge is 2.09. The highest BCUT2D eigenvalue weighted by Crippen LogP contribution is 2.24. The van der Waals surface area contributed by atoms with Crippen LogP contribution in [0.5, 0.6) is 0 Å². The van der Waals surface area contributed by atoms with Crippen LogP contribution in [0.1, 0.15) is 32.4 Å². The maximum atomic E-state index is 13.2. The molecule has 0 atom stereocenters. The molecule has 0 aliphatic carbocycles. The Morgan fingerprint density at radius 1 is 1.41 bits per heavy atom. The smallest absolute Gasteiger partial charge is 0.226 e. The number of nitrogens with one attached hydrogen (secondary N) is 1. The fourth-order valence-electron chi connectivity index (χ4n) is 2.11. The molecule has 1 heterocycles. The van der Waals surface area contributed by atoms with E-state index in [9.17, 15) is 9.18 Å². The van der Waals surface area contributed by atoms with Crippen LogP contribution in [0.4, 0.5) is 4.39 Å². The number of aromatic nitrogens is 1. The van der Waals surface area contributed by atoms with Crippen LogP contribution >= 0.6 is 11.3 Å². The molecule has 0 fully saturated rings. The zero-order chi connectivity index (χ0) is 15.9. The second-order valence-corrected chi connectivity index (χ2v) is 6.58. The molecule has 0 aliphatic heterocycles. The molecule has 118 valence electrons. The Bertz CT molecular complexity index is 625. The first-order chi connectivity index (χ1) is 10.5. The average molecular weight is 320 g/mol. The van der Waals surface area contributed by atoms with E-state index in [-0.39, 0.29) is 18.1 Å². The van der Waals surface area contributed by atoms with E-state index in [0.717, 1.165) is 29.1 Å². The highest BCUT2D eigenvalue weighted by molar-refractivity contribution is 7.13. The zero-order valence-corrected chi connectivity index (χ0v) is 13.8. The summed E-state index contributed by atoms with van der Waals surface area (Å²) in [6.45, 7) is 5.05. The van der Waals surface area contributed by atoms with Gasteiger partial charge in [0.2, 0.25) is 5.91 Å². The minimum absolute atomic E-state index is 0.0140. The predicted molar refractivity (Wildman–Crippen MR) is 88.3 cm³/mol. The van der Waals surface area contributed by atoms with Crippen molar-refractivity contribution in [1.82, 2.24) is 10.3 Å². The summed E-state index contributed by atoms with van der Waals surface area (Å²) in [5.41, 5.74) is 1.47. The molecule has 0 saturated carbocycles. The Labute approximate surface area is 134 Å². The molecule has 1 aromatic carbocycles. The summed E-state index contributed by atoms with van der Waals surface area (Å²) in [5.74, 6) is 0.362. The number of hydrogen-bond acceptors (Lipinski definition) is 3. The highest BCUT2D eigenvalue weighted by atomic mass is 32.1. The quantitative estimate of drug-likeness (QED) is 0.782. The molecular formula is C17H21FN2OS. The zero-order valence-electron chi connectivity index (χ0n) is 12.9. The van der Waals surface area contributed by atoms with Gasteiger partial charge in [0.25, 0.3) is 0 Å². The lowest BCUT2D eigenvalue weighted by Gasteiger charge is -2.05. The predicted octanol–water partition coefficient (Wildman–Crippen LogP) is 4.04. The number of halogens is 1. The second kappa shape index (κ2) is 8.03. The minimum Gasteiger partial charge on any atom is -0.356 e. The minimum atomic E-state index is -0.280. The first-order valence-electron chi connectivity index (χ1n) is 7.51. The number of nitrogens with zero attached hydrogens (tertiary/aromatic N) is 1. The number of hydrogen-bond donors (Lipinski definition) is 1. The van der Waals surface area contributed by atoms with E-state index in [1.807, 2.05) is 11.4 Å². The summed E-state index contributed by atoms with van der Waals surface area (Å²) in [6, 6.07) is 6.34. The molecule has 0 unspecified atom stereocenters. The first kappa shape index (κ1) is 16.6. The van der Waals surface area contributed by atoms with Gasteiger partial charge < -0.3 is 5.32 Å². The van der Waals surface area contributed by atoms with Crippen LogP contribution in [0.15, 0.2) is 29.6 Å². The SMILES string of the molecule is CC(C)CCCNC(=O)Cc1csc(-c2cccc(F)c2)n1. The lowest BCUT2D eigenvalue weighted by Crippen LogP contribution is -2.26. The van der Waals surface area contributed by atoms with E-state index in [4.69, 9.17) is 0 Å². The van der Waals surface area contributed by atoms with Gasteiger partial charge in [0, 0.05) is 17.5 Å². The maximum absolute atomic E-state index is 13.2. The van der Waals surface area contributed by atoms with Crippen LogP contribution in [-0.2, 0) is 11.2 Å². The third kappa shape index (κ3) is 5.22. The number of carbonyl (C=O) groups is 1. The molecule has 0 radical (unpaired) electrons. The monoisotopic (exact) mass is 320 g/mol. The van der Waals surface area contributed by atoms with Gasteiger partial charge in [0.1, 0.15) is 10.8 Å². The molecule has 0 bridgehead atoms. The van der Waals surface area contributed by atoms with Crippen molar-refractivity contribution in [3.63, 3.8) is 0 Å². The van der Waals surface area contributed by atoms with Crippen LogP contribution in [0.3, 0.4) is 0 Å². The molecule has 1 aromatic heterocycles. The lowest BCUT2D eigenvalue weighted by molar-refractivity contribution is -0.120. The van der Waals surface area contributed by atoms with Gasteiger partial charge in [-0.2, -0.15) is 0 Å². The molecule has 1 amide bonds. The normalized spacial score (nSPS) is 10.9. The lowest BCUT2D eigenvalue weighted by atomic mass is 10.1. The molecule has 2 rings (SSSR count). The summed E-state index contributed by atoms with van der Waals surface area (Å²) in [4.78, 5) is 16.3. The van der Waals surface area contributed by atoms with E-state index < -0.39 is 0 Å². The second-order valence-electron chi connectivity index (χ2n) is 5.72. The van der Waals surface area contributed by atoms with E-state index >= 15 is 0 Å². The Balaban J connectivity index is 1.85. The van der Waals surface area contributed by atoms with Gasteiger partial charge in [0.05, 0.1) is 12.1 Å². The van der Waals surface area contributed by atoms with Crippen molar-refractivity contribution in [3.05, 3.63) is 41.2 Å². The molecule has 5 heteroatoms. The third-order valence-corrected chi connectivity index (χ3v) is 4.19. The van der Waals surface area contributed by atoms with Crippen LogP contribution < -0.4 is 5.32 Å². The first-order valence-corrected chi connectivity index (χ1v) is 8.39. The Morgan fingerprint density at radius 2 is 2.23 bits per heavy atom. The van der Waals surface area contributed by atoms with Gasteiger partial charge >= 0.3 is 0 Å². The van der Waals surface area contributed by atoms with E-state index in [0.29, 0.717) is 12.5 Å². The van der Waals surface area contributed by atoms with Gasteiger partial charge in [-0.25, -0.2) is 9.37 Å². The van der Waals surface area contributed by atoms with Gasteiger partial charge in [-0.3, -0.25) is 4.79 Å². The van der Waals surface area contributed by atoms with Crippen LogP contribution in [0.2, 0.25) is 0 Å². The van der Waals surface area contributed by atoms with Crippen molar-refractivity contribution in [2.24, 2.45) is 5.92 Å². The molecule has 0 aliphatic rings. The van der Waals surface area contributed by atoms with Crippen molar-refractivity contribution in [3.8, 4) is 10.6 Å². The number of amides is 1. The van der Waals surface area contributed by atoms with Gasteiger partial charge in [-0.15, -0.1) is 11.3 Å². The average Bonchev–Trinajstić information content (AvgIpc) is 2.92.